The maximum Gasteiger partial charge on any atom is 0.326 e. The van der Waals surface area contributed by atoms with Crippen LogP contribution in [0.2, 0.25) is 0 Å². The van der Waals surface area contributed by atoms with Crippen molar-refractivity contribution in [3.8, 4) is 12.3 Å². The third-order valence-corrected chi connectivity index (χ3v) is 9.78. The lowest BCUT2D eigenvalue weighted by Gasteiger charge is -2.58. The Hall–Kier alpha value is -2.86. The first-order chi connectivity index (χ1) is 16.9. The number of fused-ring (bicyclic) bond motifs is 5. The predicted molar refractivity (Wildman–Crippen MR) is 132 cm³/mol. The van der Waals surface area contributed by atoms with Crippen molar-refractivity contribution in [1.29, 1.82) is 0 Å². The minimum Gasteiger partial charge on any atom is -0.480 e. The van der Waals surface area contributed by atoms with Crippen LogP contribution >= 0.6 is 0 Å². The number of amides is 2. The average molecular weight is 500 g/mol. The number of primary amides is 1. The highest BCUT2D eigenvalue weighted by Gasteiger charge is 2.63. The summed E-state index contributed by atoms with van der Waals surface area (Å²) in [5.41, 5.74) is 6.01. The summed E-state index contributed by atoms with van der Waals surface area (Å²) in [4.78, 5) is 39.4. The van der Waals surface area contributed by atoms with Crippen molar-refractivity contribution in [3.63, 3.8) is 0 Å². The standard InChI is InChI=1S/C27H37N3O6/c1-4-27(35)12-9-20-18-6-5-16-13-17(7-10-25(16,2)19(18)8-11-26(20,27)3)30-36-15-23(32)29-21(24(33)34)14-22(28)31/h1,13,18-21,35H,5-12,14-15H2,2-3H3,(H2,28,31)(H,29,32)(H,33,34)/t18-,19-,20-,21+,25+,26+,27-/m1/s1. The van der Waals surface area contributed by atoms with Gasteiger partial charge in [-0.15, -0.1) is 6.42 Å². The fourth-order valence-corrected chi connectivity index (χ4v) is 7.71. The van der Waals surface area contributed by atoms with Crippen LogP contribution in [0.3, 0.4) is 0 Å². The number of carboxylic acid groups (broad SMARTS) is 1. The second-order valence-electron chi connectivity index (χ2n) is 11.5. The maximum atomic E-state index is 12.0. The van der Waals surface area contributed by atoms with E-state index in [9.17, 15) is 19.5 Å². The van der Waals surface area contributed by atoms with Gasteiger partial charge in [-0.25, -0.2) is 4.79 Å². The third kappa shape index (κ3) is 4.40. The molecular formula is C27H37N3O6. The minimum atomic E-state index is -1.40. The number of allylic oxidation sites excluding steroid dienone is 2. The van der Waals surface area contributed by atoms with Crippen LogP contribution in [-0.4, -0.2) is 52.0 Å². The summed E-state index contributed by atoms with van der Waals surface area (Å²) in [5, 5.41) is 26.6. The summed E-state index contributed by atoms with van der Waals surface area (Å²) in [7, 11) is 0. The first kappa shape index (κ1) is 26.2. The van der Waals surface area contributed by atoms with E-state index in [1.54, 1.807) is 0 Å². The molecule has 7 atom stereocenters. The van der Waals surface area contributed by atoms with Crippen LogP contribution in [0.5, 0.6) is 0 Å². The Morgan fingerprint density at radius 1 is 1.22 bits per heavy atom. The fourth-order valence-electron chi connectivity index (χ4n) is 7.71. The second kappa shape index (κ2) is 9.55. The van der Waals surface area contributed by atoms with Crippen LogP contribution < -0.4 is 11.1 Å². The van der Waals surface area contributed by atoms with E-state index in [1.165, 1.54) is 5.57 Å². The topological polar surface area (TPSA) is 151 Å². The van der Waals surface area contributed by atoms with Crippen LogP contribution in [0, 0.1) is 40.9 Å². The summed E-state index contributed by atoms with van der Waals surface area (Å²) < 4.78 is 0. The van der Waals surface area contributed by atoms with E-state index in [1.807, 2.05) is 0 Å². The van der Waals surface area contributed by atoms with Gasteiger partial charge in [0.25, 0.3) is 5.91 Å². The summed E-state index contributed by atoms with van der Waals surface area (Å²) in [6.45, 7) is 4.10. The Morgan fingerprint density at radius 3 is 2.61 bits per heavy atom. The van der Waals surface area contributed by atoms with E-state index < -0.39 is 42.5 Å². The van der Waals surface area contributed by atoms with Gasteiger partial charge in [0.05, 0.1) is 12.1 Å². The molecule has 196 valence electrons. The van der Waals surface area contributed by atoms with Crippen molar-refractivity contribution < 1.29 is 29.4 Å². The van der Waals surface area contributed by atoms with Crippen LogP contribution in [0.15, 0.2) is 16.8 Å². The quantitative estimate of drug-likeness (QED) is 0.311. The first-order valence-corrected chi connectivity index (χ1v) is 12.8. The number of carbonyl (C=O) groups is 3. The van der Waals surface area contributed by atoms with Crippen molar-refractivity contribution in [3.05, 3.63) is 11.6 Å². The van der Waals surface area contributed by atoms with Crippen molar-refractivity contribution in [1.82, 2.24) is 5.32 Å². The summed E-state index contributed by atoms with van der Waals surface area (Å²) >= 11 is 0. The molecule has 4 aliphatic rings. The molecule has 9 heteroatoms. The molecule has 9 nitrogen and oxygen atoms in total. The van der Waals surface area contributed by atoms with E-state index in [-0.39, 0.29) is 10.8 Å². The minimum absolute atomic E-state index is 0.0704. The fraction of sp³-hybridized carbons (Fsp3) is 0.704. The van der Waals surface area contributed by atoms with Gasteiger partial charge in [0, 0.05) is 5.41 Å². The number of nitrogens with one attached hydrogen (secondary N) is 1. The molecule has 0 radical (unpaired) electrons. The Labute approximate surface area is 211 Å². The van der Waals surface area contributed by atoms with Crippen molar-refractivity contribution >= 4 is 23.5 Å². The number of carboxylic acids is 1. The number of nitrogens with zero attached hydrogens (tertiary/aromatic N) is 1. The van der Waals surface area contributed by atoms with E-state index in [0.717, 1.165) is 50.7 Å². The molecule has 3 saturated carbocycles. The SMILES string of the molecule is C#C[C@@]1(O)CC[C@@H]2[C@@H]3CCC4=CC(=NOCC(=O)N[C@@H](CC(N)=O)C(=O)O)CC[C@]4(C)[C@@H]3CC[C@@]21C. The van der Waals surface area contributed by atoms with Gasteiger partial charge in [0.2, 0.25) is 5.91 Å². The normalized spacial score (nSPS) is 39.0. The third-order valence-electron chi connectivity index (χ3n) is 9.78. The molecule has 0 heterocycles. The highest BCUT2D eigenvalue weighted by atomic mass is 16.6. The molecule has 0 aromatic carbocycles. The van der Waals surface area contributed by atoms with Gasteiger partial charge in [-0.3, -0.25) is 9.59 Å². The number of rotatable bonds is 7. The summed E-state index contributed by atoms with van der Waals surface area (Å²) in [6.07, 6.45) is 14.7. The second-order valence-corrected chi connectivity index (χ2v) is 11.5. The van der Waals surface area contributed by atoms with Crippen molar-refractivity contribution in [2.75, 3.05) is 6.61 Å². The first-order valence-electron chi connectivity index (χ1n) is 12.8. The molecule has 3 fully saturated rings. The van der Waals surface area contributed by atoms with Gasteiger partial charge in [0.15, 0.2) is 6.61 Å². The number of hydrogen-bond acceptors (Lipinski definition) is 6. The monoisotopic (exact) mass is 499 g/mol. The van der Waals surface area contributed by atoms with Crippen molar-refractivity contribution in [2.24, 2.45) is 39.5 Å². The van der Waals surface area contributed by atoms with Gasteiger partial charge in [-0.05, 0) is 80.6 Å². The Kier molecular flexibility index (Phi) is 6.95. The molecule has 0 bridgehead atoms. The molecule has 0 saturated heterocycles. The number of carbonyl (C=O) groups excluding carboxylic acids is 2. The lowest BCUT2D eigenvalue weighted by Crippen LogP contribution is -2.54. The molecule has 0 aromatic heterocycles. The molecule has 5 N–H and O–H groups in total. The summed E-state index contributed by atoms with van der Waals surface area (Å²) in [6, 6.07) is -1.40. The number of aliphatic hydroxyl groups is 1. The van der Waals surface area contributed by atoms with E-state index in [4.69, 9.17) is 22.1 Å². The lowest BCUT2D eigenvalue weighted by molar-refractivity contribution is -0.144. The van der Waals surface area contributed by atoms with E-state index >= 15 is 0 Å². The van der Waals surface area contributed by atoms with Gasteiger partial charge in [0.1, 0.15) is 11.6 Å². The lowest BCUT2D eigenvalue weighted by atomic mass is 9.46. The Morgan fingerprint density at radius 2 is 1.94 bits per heavy atom. The van der Waals surface area contributed by atoms with Crippen LogP contribution in [0.1, 0.15) is 71.6 Å². The number of nitrogens with two attached hydrogens (primary N) is 1. The van der Waals surface area contributed by atoms with Crippen LogP contribution in [0.25, 0.3) is 0 Å². The Bertz CT molecular complexity index is 1050. The van der Waals surface area contributed by atoms with Gasteiger partial charge in [-0.1, -0.05) is 30.5 Å². The zero-order chi connectivity index (χ0) is 26.3. The summed E-state index contributed by atoms with van der Waals surface area (Å²) in [5.74, 6) is 1.42. The van der Waals surface area contributed by atoms with Gasteiger partial charge in [-0.2, -0.15) is 0 Å². The maximum absolute atomic E-state index is 12.0. The zero-order valence-corrected chi connectivity index (χ0v) is 21.1. The molecular weight excluding hydrogens is 462 g/mol. The smallest absolute Gasteiger partial charge is 0.326 e. The molecule has 2 amide bonds. The van der Waals surface area contributed by atoms with E-state index in [0.29, 0.717) is 24.2 Å². The molecule has 0 aliphatic heterocycles. The molecule has 4 aliphatic carbocycles. The molecule has 0 spiro atoms. The molecule has 4 rings (SSSR count). The molecule has 0 unspecified atom stereocenters. The molecule has 0 aromatic rings. The number of hydrogen-bond donors (Lipinski definition) is 4. The van der Waals surface area contributed by atoms with Crippen LogP contribution in [-0.2, 0) is 19.2 Å². The van der Waals surface area contributed by atoms with Gasteiger partial charge < -0.3 is 26.1 Å². The Balaban J connectivity index is 1.40. The highest BCUT2D eigenvalue weighted by Crippen LogP contribution is 2.67. The number of aliphatic carboxylic acids is 1. The average Bonchev–Trinajstić information content (AvgIpc) is 3.09. The van der Waals surface area contributed by atoms with Crippen LogP contribution in [0.4, 0.5) is 0 Å². The predicted octanol–water partition coefficient (Wildman–Crippen LogP) is 2.13. The zero-order valence-electron chi connectivity index (χ0n) is 21.1. The largest absolute Gasteiger partial charge is 0.480 e. The molecule has 36 heavy (non-hydrogen) atoms. The van der Waals surface area contributed by atoms with E-state index in [2.05, 4.69) is 36.3 Å². The van der Waals surface area contributed by atoms with Crippen molar-refractivity contribution in [2.45, 2.75) is 83.3 Å². The number of oxime groups is 1. The highest BCUT2D eigenvalue weighted by molar-refractivity contribution is 5.96. The number of terminal acetylenes is 1. The van der Waals surface area contributed by atoms with Gasteiger partial charge >= 0.3 is 5.97 Å².